The van der Waals surface area contributed by atoms with Crippen LogP contribution in [0.5, 0.6) is 11.5 Å². The van der Waals surface area contributed by atoms with Gasteiger partial charge < -0.3 is 23.7 Å². The van der Waals surface area contributed by atoms with Crippen LogP contribution >= 0.6 is 0 Å². The molecule has 0 aliphatic carbocycles. The Balaban J connectivity index is 2.10. The van der Waals surface area contributed by atoms with Crippen molar-refractivity contribution in [3.8, 4) is 11.5 Å². The molecular weight excluding hydrogens is 610 g/mol. The summed E-state index contributed by atoms with van der Waals surface area (Å²) >= 11 is 0. The molecule has 0 bridgehead atoms. The van der Waals surface area contributed by atoms with E-state index in [1.807, 2.05) is 13.8 Å². The van der Waals surface area contributed by atoms with Gasteiger partial charge in [0.1, 0.15) is 12.2 Å². The number of benzene rings is 2. The molecule has 1 unspecified atom stereocenters. The van der Waals surface area contributed by atoms with E-state index < -0.39 is 49.8 Å². The summed E-state index contributed by atoms with van der Waals surface area (Å²) in [6.07, 6.45) is 3.16. The highest BCUT2D eigenvalue weighted by molar-refractivity contribution is 6.76. The average Bonchev–Trinajstić information content (AvgIpc) is 2.96. The van der Waals surface area contributed by atoms with Crippen molar-refractivity contribution >= 4 is 14.0 Å². The highest BCUT2D eigenvalue weighted by atomic mass is 28.3. The molecule has 0 saturated carbocycles. The summed E-state index contributed by atoms with van der Waals surface area (Å²) in [6, 6.07) is 15.1. The van der Waals surface area contributed by atoms with Crippen molar-refractivity contribution in [1.82, 2.24) is 4.98 Å². The van der Waals surface area contributed by atoms with Crippen LogP contribution in [0.3, 0.4) is 0 Å². The van der Waals surface area contributed by atoms with E-state index in [0.29, 0.717) is 17.7 Å². The molecular formula is C33H41F4NO6Si. The molecule has 0 aliphatic heterocycles. The van der Waals surface area contributed by atoms with Crippen molar-refractivity contribution < 1.29 is 46.0 Å². The minimum Gasteiger partial charge on any atom is -0.465 e. The Hall–Kier alpha value is -3.48. The fourth-order valence-corrected chi connectivity index (χ4v) is 5.52. The van der Waals surface area contributed by atoms with Crippen LogP contribution in [-0.2, 0) is 36.4 Å². The molecule has 0 amide bonds. The SMILES string of the molecule is CCOC(=O)C(Cc1cccnc1)(c1ccc(C(C)(C)OCOCC[Si](C)(C)C)cc1)c1ccc(OC(F)F)c(OC(F)F)c1. The predicted octanol–water partition coefficient (Wildman–Crippen LogP) is 7.94. The molecule has 1 aromatic heterocycles. The summed E-state index contributed by atoms with van der Waals surface area (Å²) in [5.74, 6) is -1.93. The first-order chi connectivity index (χ1) is 21.2. The van der Waals surface area contributed by atoms with Gasteiger partial charge in [-0.2, -0.15) is 17.6 Å². The number of esters is 1. The molecule has 7 nitrogen and oxygen atoms in total. The predicted molar refractivity (Wildman–Crippen MR) is 165 cm³/mol. The van der Waals surface area contributed by atoms with Gasteiger partial charge in [-0.25, -0.2) is 0 Å². The van der Waals surface area contributed by atoms with E-state index in [4.69, 9.17) is 14.2 Å². The van der Waals surface area contributed by atoms with E-state index in [1.165, 1.54) is 6.07 Å². The average molecular weight is 652 g/mol. The number of ether oxygens (including phenoxy) is 5. The Morgan fingerprint density at radius 3 is 2.09 bits per heavy atom. The molecule has 2 aromatic carbocycles. The lowest BCUT2D eigenvalue weighted by atomic mass is 9.70. The summed E-state index contributed by atoms with van der Waals surface area (Å²) in [6.45, 7) is 6.36. The third-order valence-corrected chi connectivity index (χ3v) is 8.96. The molecule has 0 saturated heterocycles. The van der Waals surface area contributed by atoms with Crippen LogP contribution in [0.25, 0.3) is 0 Å². The second kappa shape index (κ2) is 15.7. The Morgan fingerprint density at radius 1 is 0.889 bits per heavy atom. The fraction of sp³-hybridized carbons (Fsp3) is 0.455. The Labute approximate surface area is 262 Å². The number of nitrogens with zero attached hydrogens (tertiary/aromatic N) is 1. The van der Waals surface area contributed by atoms with Crippen LogP contribution in [0.1, 0.15) is 43.0 Å². The molecule has 3 aromatic rings. The zero-order valence-electron chi connectivity index (χ0n) is 26.4. The van der Waals surface area contributed by atoms with Crippen LogP contribution in [0.15, 0.2) is 67.0 Å². The van der Waals surface area contributed by atoms with Gasteiger partial charge in [0.25, 0.3) is 0 Å². The zero-order chi connectivity index (χ0) is 33.3. The van der Waals surface area contributed by atoms with E-state index >= 15 is 0 Å². The fourth-order valence-electron chi connectivity index (χ4n) is 4.76. The molecule has 1 atom stereocenters. The lowest BCUT2D eigenvalue weighted by Crippen LogP contribution is -2.41. The van der Waals surface area contributed by atoms with Crippen LogP contribution in [0.4, 0.5) is 17.6 Å². The summed E-state index contributed by atoms with van der Waals surface area (Å²) < 4.78 is 79.2. The summed E-state index contributed by atoms with van der Waals surface area (Å²) in [5.41, 5.74) is -0.311. The van der Waals surface area contributed by atoms with Gasteiger partial charge in [-0.15, -0.1) is 0 Å². The van der Waals surface area contributed by atoms with Crippen molar-refractivity contribution in [3.63, 3.8) is 0 Å². The third kappa shape index (κ3) is 10.0. The minimum absolute atomic E-state index is 0.00696. The van der Waals surface area contributed by atoms with E-state index in [0.717, 1.165) is 23.7 Å². The molecule has 3 rings (SSSR count). The van der Waals surface area contributed by atoms with Gasteiger partial charge in [0.15, 0.2) is 11.5 Å². The van der Waals surface area contributed by atoms with Gasteiger partial charge >= 0.3 is 19.2 Å². The number of halogens is 4. The molecule has 1 heterocycles. The van der Waals surface area contributed by atoms with Gasteiger partial charge in [0.2, 0.25) is 0 Å². The lowest BCUT2D eigenvalue weighted by Gasteiger charge is -2.34. The first-order valence-electron chi connectivity index (χ1n) is 14.6. The second-order valence-corrected chi connectivity index (χ2v) is 17.8. The van der Waals surface area contributed by atoms with Gasteiger partial charge in [-0.3, -0.25) is 9.78 Å². The quantitative estimate of drug-likeness (QED) is 0.0482. The zero-order valence-corrected chi connectivity index (χ0v) is 27.4. The first-order valence-corrected chi connectivity index (χ1v) is 18.3. The molecule has 0 aliphatic rings. The first kappa shape index (κ1) is 36.0. The van der Waals surface area contributed by atoms with Crippen molar-refractivity contribution in [2.75, 3.05) is 20.0 Å². The number of pyridine rings is 1. The van der Waals surface area contributed by atoms with E-state index in [-0.39, 0.29) is 25.4 Å². The molecule has 0 spiro atoms. The highest BCUT2D eigenvalue weighted by Gasteiger charge is 2.45. The topological polar surface area (TPSA) is 76.1 Å². The van der Waals surface area contributed by atoms with Gasteiger partial charge in [-0.1, -0.05) is 56.0 Å². The van der Waals surface area contributed by atoms with Crippen molar-refractivity contribution in [3.05, 3.63) is 89.2 Å². The standard InChI is InChI=1S/C33H41F4NO6Si/c1-7-41-29(39)33(20-23-9-8-16-38-21-23,26-14-15-27(43-30(34)35)28(19-26)44-31(36)37)25-12-10-24(11-13-25)32(2,3)42-22-40-17-18-45(4,5)6/h8-16,19,21,30-31H,7,17-18,20,22H2,1-6H3. The third-order valence-electron chi connectivity index (χ3n) is 7.26. The van der Waals surface area contributed by atoms with Gasteiger partial charge in [-0.05, 0) is 73.7 Å². The number of alkyl halides is 4. The van der Waals surface area contributed by atoms with Gasteiger partial charge in [0.05, 0.1) is 12.2 Å². The molecule has 0 N–H and O–H groups in total. The smallest absolute Gasteiger partial charge is 0.387 e. The highest BCUT2D eigenvalue weighted by Crippen LogP contribution is 2.42. The summed E-state index contributed by atoms with van der Waals surface area (Å²) in [5, 5.41) is 0. The number of hydrogen-bond acceptors (Lipinski definition) is 7. The normalized spacial score (nSPS) is 13.5. The lowest BCUT2D eigenvalue weighted by molar-refractivity contribution is -0.148. The van der Waals surface area contributed by atoms with Crippen LogP contribution in [0.2, 0.25) is 25.7 Å². The Bertz CT molecular complexity index is 1370. The van der Waals surface area contributed by atoms with E-state index in [1.54, 1.807) is 55.7 Å². The van der Waals surface area contributed by atoms with E-state index in [9.17, 15) is 22.4 Å². The van der Waals surface area contributed by atoms with Crippen molar-refractivity contribution in [2.24, 2.45) is 0 Å². The van der Waals surface area contributed by atoms with Crippen molar-refractivity contribution in [2.45, 2.75) is 77.1 Å². The number of carbonyl (C=O) groups is 1. The van der Waals surface area contributed by atoms with Gasteiger partial charge in [0, 0.05) is 27.1 Å². The molecule has 246 valence electrons. The Kier molecular flexibility index (Phi) is 12.5. The molecule has 0 fully saturated rings. The monoisotopic (exact) mass is 651 g/mol. The van der Waals surface area contributed by atoms with Crippen LogP contribution in [0, 0.1) is 0 Å². The molecule has 45 heavy (non-hydrogen) atoms. The number of carbonyl (C=O) groups excluding carboxylic acids is 1. The summed E-state index contributed by atoms with van der Waals surface area (Å²) in [7, 11) is -1.24. The van der Waals surface area contributed by atoms with Crippen LogP contribution < -0.4 is 9.47 Å². The Morgan fingerprint density at radius 2 is 1.51 bits per heavy atom. The minimum atomic E-state index is -3.34. The maximum absolute atomic E-state index is 14.0. The molecule has 0 radical (unpaired) electrons. The number of aromatic nitrogens is 1. The maximum atomic E-state index is 14.0. The largest absolute Gasteiger partial charge is 0.465 e. The van der Waals surface area contributed by atoms with Crippen molar-refractivity contribution in [1.29, 1.82) is 0 Å². The van der Waals surface area contributed by atoms with E-state index in [2.05, 4.69) is 34.1 Å². The number of hydrogen-bond donors (Lipinski definition) is 0. The van der Waals surface area contributed by atoms with Crippen LogP contribution in [-0.4, -0.2) is 52.3 Å². The maximum Gasteiger partial charge on any atom is 0.387 e. The second-order valence-electron chi connectivity index (χ2n) is 12.2. The summed E-state index contributed by atoms with van der Waals surface area (Å²) in [4.78, 5) is 18.2. The molecule has 12 heteroatoms. The number of rotatable bonds is 17.